The molecule has 0 radical (unpaired) electrons. The maximum absolute atomic E-state index is 11.8. The third kappa shape index (κ3) is 12.2. The first kappa shape index (κ1) is 26.5. The average Bonchev–Trinajstić information content (AvgIpc) is 3.51. The molecule has 0 heterocycles. The lowest BCUT2D eigenvalue weighted by Crippen LogP contribution is -2.38. The quantitative estimate of drug-likeness (QED) is 0.158. The van der Waals surface area contributed by atoms with Crippen LogP contribution >= 0.6 is 24.0 Å². The second-order valence-corrected chi connectivity index (χ2v) is 7.72. The fourth-order valence-corrected chi connectivity index (χ4v) is 2.59. The third-order valence-electron chi connectivity index (χ3n) is 4.18. The molecule has 1 saturated carbocycles. The van der Waals surface area contributed by atoms with Crippen molar-refractivity contribution in [3.05, 3.63) is 29.8 Å². The highest BCUT2D eigenvalue weighted by atomic mass is 127. The molecule has 1 aromatic rings. The predicted molar refractivity (Wildman–Crippen MR) is 132 cm³/mol. The summed E-state index contributed by atoms with van der Waals surface area (Å²) in [5.41, 5.74) is 1.03. The van der Waals surface area contributed by atoms with Crippen LogP contribution in [0, 0.1) is 5.92 Å². The minimum absolute atomic E-state index is 0. The van der Waals surface area contributed by atoms with Gasteiger partial charge in [-0.05, 0) is 49.8 Å². The summed E-state index contributed by atoms with van der Waals surface area (Å²) in [5.74, 6) is 1.97. The molecule has 8 heteroatoms. The van der Waals surface area contributed by atoms with Gasteiger partial charge in [-0.3, -0.25) is 4.79 Å². The van der Waals surface area contributed by atoms with Crippen LogP contribution in [0.3, 0.4) is 0 Å². The fraction of sp³-hybridized carbons (Fsp3) is 0.636. The predicted octanol–water partition coefficient (Wildman–Crippen LogP) is 3.08. The van der Waals surface area contributed by atoms with E-state index in [1.807, 2.05) is 31.2 Å². The summed E-state index contributed by atoms with van der Waals surface area (Å²) >= 11 is 0. The number of aliphatic imine (C=N–C) groups is 1. The summed E-state index contributed by atoms with van der Waals surface area (Å²) in [6.07, 6.45) is 3.09. The number of amides is 1. The van der Waals surface area contributed by atoms with Crippen LogP contribution < -0.4 is 20.7 Å². The second kappa shape index (κ2) is 15.3. The van der Waals surface area contributed by atoms with Crippen molar-refractivity contribution in [1.29, 1.82) is 0 Å². The first-order valence-corrected chi connectivity index (χ1v) is 10.7. The van der Waals surface area contributed by atoms with Crippen LogP contribution in [0.15, 0.2) is 29.3 Å². The van der Waals surface area contributed by atoms with E-state index in [0.29, 0.717) is 24.3 Å². The average molecular weight is 532 g/mol. The summed E-state index contributed by atoms with van der Waals surface area (Å²) < 4.78 is 11.2. The number of nitrogens with one attached hydrogen (secondary N) is 3. The molecule has 1 aliphatic carbocycles. The van der Waals surface area contributed by atoms with Gasteiger partial charge < -0.3 is 25.4 Å². The summed E-state index contributed by atoms with van der Waals surface area (Å²) in [6, 6.07) is 8.07. The van der Waals surface area contributed by atoms with Gasteiger partial charge in [0, 0.05) is 32.3 Å². The standard InChI is InChI=1S/C22H36N4O3.HI/c1-4-23-22(24-11-6-12-28-15-17(2)3)25-14-18-7-5-8-20(13-18)29-16-21(27)26-19-9-10-19;/h5,7-8,13,17,19H,4,6,9-12,14-16H2,1-3H3,(H,26,27)(H2,23,24,25);1H. The van der Waals surface area contributed by atoms with Crippen molar-refractivity contribution in [2.24, 2.45) is 10.9 Å². The summed E-state index contributed by atoms with van der Waals surface area (Å²) in [5, 5.41) is 9.51. The van der Waals surface area contributed by atoms with Crippen molar-refractivity contribution in [1.82, 2.24) is 16.0 Å². The molecule has 0 atom stereocenters. The molecular weight excluding hydrogens is 495 g/mol. The van der Waals surface area contributed by atoms with E-state index < -0.39 is 0 Å². The minimum Gasteiger partial charge on any atom is -0.484 e. The van der Waals surface area contributed by atoms with E-state index in [2.05, 4.69) is 34.8 Å². The SMILES string of the molecule is CCNC(=NCc1cccc(OCC(=O)NC2CC2)c1)NCCCOCC(C)C.I. The molecule has 3 N–H and O–H groups in total. The topological polar surface area (TPSA) is 84.0 Å². The Morgan fingerprint density at radius 2 is 2.07 bits per heavy atom. The molecule has 2 rings (SSSR count). The maximum Gasteiger partial charge on any atom is 0.258 e. The molecule has 1 fully saturated rings. The molecule has 0 aromatic heterocycles. The first-order valence-electron chi connectivity index (χ1n) is 10.7. The highest BCUT2D eigenvalue weighted by Crippen LogP contribution is 2.18. The Morgan fingerprint density at radius 3 is 2.77 bits per heavy atom. The number of rotatable bonds is 13. The molecule has 1 aliphatic rings. The Bertz CT molecular complexity index is 651. The minimum atomic E-state index is -0.0630. The molecular formula is C22H37IN4O3. The van der Waals surface area contributed by atoms with Crippen molar-refractivity contribution in [3.8, 4) is 5.75 Å². The van der Waals surface area contributed by atoms with Crippen LogP contribution in [0.2, 0.25) is 0 Å². The van der Waals surface area contributed by atoms with Crippen molar-refractivity contribution < 1.29 is 14.3 Å². The molecule has 0 bridgehead atoms. The van der Waals surface area contributed by atoms with Crippen LogP contribution in [0.1, 0.15) is 45.6 Å². The zero-order chi connectivity index (χ0) is 20.9. The van der Waals surface area contributed by atoms with E-state index in [9.17, 15) is 4.79 Å². The van der Waals surface area contributed by atoms with Crippen molar-refractivity contribution in [2.75, 3.05) is 32.9 Å². The van der Waals surface area contributed by atoms with Crippen LogP contribution in [0.4, 0.5) is 0 Å². The summed E-state index contributed by atoms with van der Waals surface area (Å²) in [7, 11) is 0. The molecule has 0 unspecified atom stereocenters. The molecule has 1 aromatic carbocycles. The number of carbonyl (C=O) groups excluding carboxylic acids is 1. The van der Waals surface area contributed by atoms with Gasteiger partial charge in [-0.1, -0.05) is 26.0 Å². The Hall–Kier alpha value is -1.55. The highest BCUT2D eigenvalue weighted by molar-refractivity contribution is 14.0. The van der Waals surface area contributed by atoms with Gasteiger partial charge >= 0.3 is 0 Å². The van der Waals surface area contributed by atoms with Crippen LogP contribution in [-0.2, 0) is 16.1 Å². The third-order valence-corrected chi connectivity index (χ3v) is 4.18. The van der Waals surface area contributed by atoms with E-state index in [4.69, 9.17) is 9.47 Å². The van der Waals surface area contributed by atoms with E-state index in [-0.39, 0.29) is 36.5 Å². The number of carbonyl (C=O) groups is 1. The van der Waals surface area contributed by atoms with Gasteiger partial charge in [0.2, 0.25) is 0 Å². The van der Waals surface area contributed by atoms with E-state index in [1.54, 1.807) is 0 Å². The summed E-state index contributed by atoms with van der Waals surface area (Å²) in [6.45, 7) is 10.1. The molecule has 30 heavy (non-hydrogen) atoms. The number of halogens is 1. The number of ether oxygens (including phenoxy) is 2. The number of hydrogen-bond acceptors (Lipinski definition) is 4. The zero-order valence-electron chi connectivity index (χ0n) is 18.4. The smallest absolute Gasteiger partial charge is 0.258 e. The zero-order valence-corrected chi connectivity index (χ0v) is 20.7. The molecule has 0 spiro atoms. The maximum atomic E-state index is 11.8. The molecule has 1 amide bonds. The van der Waals surface area contributed by atoms with E-state index in [1.165, 1.54) is 0 Å². The Balaban J connectivity index is 0.00000450. The van der Waals surface area contributed by atoms with E-state index in [0.717, 1.165) is 57.1 Å². The van der Waals surface area contributed by atoms with E-state index >= 15 is 0 Å². The Kier molecular flexibility index (Phi) is 13.5. The number of guanidine groups is 1. The Labute approximate surface area is 197 Å². The van der Waals surface area contributed by atoms with Gasteiger partial charge in [0.1, 0.15) is 5.75 Å². The second-order valence-electron chi connectivity index (χ2n) is 7.72. The molecule has 0 aliphatic heterocycles. The monoisotopic (exact) mass is 532 g/mol. The Morgan fingerprint density at radius 1 is 1.27 bits per heavy atom. The lowest BCUT2D eigenvalue weighted by Gasteiger charge is -2.12. The molecule has 0 saturated heterocycles. The lowest BCUT2D eigenvalue weighted by atomic mass is 10.2. The number of nitrogens with zero attached hydrogens (tertiary/aromatic N) is 1. The van der Waals surface area contributed by atoms with Gasteiger partial charge in [0.05, 0.1) is 6.54 Å². The van der Waals surface area contributed by atoms with Crippen molar-refractivity contribution in [2.45, 2.75) is 52.6 Å². The molecule has 170 valence electrons. The number of hydrogen-bond donors (Lipinski definition) is 3. The van der Waals surface area contributed by atoms with Gasteiger partial charge in [0.25, 0.3) is 5.91 Å². The summed E-state index contributed by atoms with van der Waals surface area (Å²) in [4.78, 5) is 16.4. The molecule has 7 nitrogen and oxygen atoms in total. The van der Waals surface area contributed by atoms with Gasteiger partial charge in [0.15, 0.2) is 12.6 Å². The van der Waals surface area contributed by atoms with Crippen molar-refractivity contribution in [3.63, 3.8) is 0 Å². The van der Waals surface area contributed by atoms with Gasteiger partial charge in [-0.25, -0.2) is 4.99 Å². The van der Waals surface area contributed by atoms with Crippen LogP contribution in [-0.4, -0.2) is 50.8 Å². The fourth-order valence-electron chi connectivity index (χ4n) is 2.59. The first-order chi connectivity index (χ1) is 14.1. The number of benzene rings is 1. The van der Waals surface area contributed by atoms with Crippen LogP contribution in [0.25, 0.3) is 0 Å². The van der Waals surface area contributed by atoms with Crippen molar-refractivity contribution >= 4 is 35.8 Å². The largest absolute Gasteiger partial charge is 0.484 e. The normalized spacial score (nSPS) is 13.5. The van der Waals surface area contributed by atoms with Gasteiger partial charge in [-0.15, -0.1) is 24.0 Å². The van der Waals surface area contributed by atoms with Gasteiger partial charge in [-0.2, -0.15) is 0 Å². The van der Waals surface area contributed by atoms with Crippen LogP contribution in [0.5, 0.6) is 5.75 Å². The lowest BCUT2D eigenvalue weighted by molar-refractivity contribution is -0.123. The highest BCUT2D eigenvalue weighted by Gasteiger charge is 2.23.